The molecule has 2 aliphatic rings. The monoisotopic (exact) mass is 241 g/mol. The zero-order valence-corrected chi connectivity index (χ0v) is 10.9. The van der Waals surface area contributed by atoms with Crippen LogP contribution in [0.2, 0.25) is 0 Å². The fourth-order valence-electron chi connectivity index (χ4n) is 2.83. The summed E-state index contributed by atoms with van der Waals surface area (Å²) in [6, 6.07) is 0. The third kappa shape index (κ3) is 2.47. The number of amides is 1. The summed E-state index contributed by atoms with van der Waals surface area (Å²) in [6.07, 6.45) is 3.81. The highest BCUT2D eigenvalue weighted by Gasteiger charge is 2.54. The van der Waals surface area contributed by atoms with Crippen molar-refractivity contribution in [3.8, 4) is 0 Å². The minimum absolute atomic E-state index is 0.0854. The molecular weight excluding hydrogens is 218 g/mol. The van der Waals surface area contributed by atoms with Crippen molar-refractivity contribution in [2.24, 2.45) is 5.92 Å². The zero-order valence-electron chi connectivity index (χ0n) is 10.9. The van der Waals surface area contributed by atoms with Crippen LogP contribution in [0, 0.1) is 5.92 Å². The number of likely N-dealkylation sites (tertiary alicyclic amines) is 1. The molecule has 0 aromatic rings. The van der Waals surface area contributed by atoms with E-state index in [1.165, 1.54) is 0 Å². The highest BCUT2D eigenvalue weighted by Crippen LogP contribution is 2.40. The van der Waals surface area contributed by atoms with Crippen molar-refractivity contribution in [1.29, 1.82) is 0 Å². The Morgan fingerprint density at radius 1 is 1.53 bits per heavy atom. The van der Waals surface area contributed by atoms with Crippen LogP contribution >= 0.6 is 0 Å². The average molecular weight is 241 g/mol. The van der Waals surface area contributed by atoms with Gasteiger partial charge in [-0.1, -0.05) is 13.3 Å². The summed E-state index contributed by atoms with van der Waals surface area (Å²) in [5.41, 5.74) is -0.0854. The summed E-state index contributed by atoms with van der Waals surface area (Å²) < 4.78 is 11.1. The van der Waals surface area contributed by atoms with Crippen LogP contribution in [0.5, 0.6) is 0 Å². The van der Waals surface area contributed by atoms with Crippen molar-refractivity contribution in [1.82, 2.24) is 4.90 Å². The third-order valence-electron chi connectivity index (χ3n) is 3.98. The first kappa shape index (κ1) is 12.8. The first-order chi connectivity index (χ1) is 8.22. The number of rotatable bonds is 5. The van der Waals surface area contributed by atoms with Crippen molar-refractivity contribution in [2.75, 3.05) is 33.4 Å². The Hall–Kier alpha value is -0.610. The lowest BCUT2D eigenvalue weighted by molar-refractivity contribution is -0.168. The second-order valence-electron chi connectivity index (χ2n) is 5.21. The van der Waals surface area contributed by atoms with Crippen LogP contribution in [0.25, 0.3) is 0 Å². The summed E-state index contributed by atoms with van der Waals surface area (Å²) in [5, 5.41) is 0. The maximum Gasteiger partial charge on any atom is 0.222 e. The number of unbranched alkanes of at least 4 members (excludes halogenated alkanes) is 1. The zero-order chi connectivity index (χ0) is 12.3. The van der Waals surface area contributed by atoms with E-state index in [-0.39, 0.29) is 11.5 Å². The van der Waals surface area contributed by atoms with Crippen LogP contribution in [0.15, 0.2) is 0 Å². The molecule has 0 N–H and O–H groups in total. The van der Waals surface area contributed by atoms with Crippen LogP contribution in [-0.2, 0) is 14.3 Å². The Bertz CT molecular complexity index is 274. The fourth-order valence-corrected chi connectivity index (χ4v) is 2.83. The number of methoxy groups -OCH3 is 1. The first-order valence-corrected chi connectivity index (χ1v) is 6.62. The van der Waals surface area contributed by atoms with Gasteiger partial charge in [0.15, 0.2) is 0 Å². The van der Waals surface area contributed by atoms with E-state index in [1.54, 1.807) is 7.11 Å². The molecule has 2 fully saturated rings. The van der Waals surface area contributed by atoms with Crippen molar-refractivity contribution >= 4 is 5.91 Å². The predicted molar refractivity (Wildman–Crippen MR) is 64.8 cm³/mol. The van der Waals surface area contributed by atoms with E-state index < -0.39 is 0 Å². The molecule has 4 nitrogen and oxygen atoms in total. The van der Waals surface area contributed by atoms with Crippen molar-refractivity contribution in [3.63, 3.8) is 0 Å². The van der Waals surface area contributed by atoms with Crippen molar-refractivity contribution in [2.45, 2.75) is 38.2 Å². The fraction of sp³-hybridized carbons (Fsp3) is 0.923. The summed E-state index contributed by atoms with van der Waals surface area (Å²) >= 11 is 0. The van der Waals surface area contributed by atoms with Crippen LogP contribution in [0.3, 0.4) is 0 Å². The van der Waals surface area contributed by atoms with E-state index in [9.17, 15) is 4.79 Å². The molecule has 2 aliphatic heterocycles. The van der Waals surface area contributed by atoms with Crippen molar-refractivity contribution < 1.29 is 14.3 Å². The first-order valence-electron chi connectivity index (χ1n) is 6.62. The Balaban J connectivity index is 1.82. The topological polar surface area (TPSA) is 38.8 Å². The van der Waals surface area contributed by atoms with Crippen molar-refractivity contribution in [3.05, 3.63) is 0 Å². The van der Waals surface area contributed by atoms with Crippen LogP contribution in [0.1, 0.15) is 32.6 Å². The Morgan fingerprint density at radius 2 is 2.29 bits per heavy atom. The quantitative estimate of drug-likeness (QED) is 0.731. The van der Waals surface area contributed by atoms with Crippen LogP contribution in [-0.4, -0.2) is 49.8 Å². The Morgan fingerprint density at radius 3 is 2.94 bits per heavy atom. The summed E-state index contributed by atoms with van der Waals surface area (Å²) in [4.78, 5) is 13.8. The number of carbonyl (C=O) groups is 1. The van der Waals surface area contributed by atoms with Gasteiger partial charge in [0.2, 0.25) is 5.91 Å². The maximum atomic E-state index is 11.8. The minimum atomic E-state index is -0.0854. The molecule has 0 unspecified atom stereocenters. The number of carbonyl (C=O) groups excluding carboxylic acids is 1. The molecule has 4 heteroatoms. The lowest BCUT2D eigenvalue weighted by Crippen LogP contribution is -2.66. The summed E-state index contributed by atoms with van der Waals surface area (Å²) in [5.74, 6) is 0.742. The number of nitrogens with zero attached hydrogens (tertiary/aromatic N) is 1. The molecule has 2 heterocycles. The van der Waals surface area contributed by atoms with E-state index in [2.05, 4.69) is 6.92 Å². The van der Waals surface area contributed by atoms with Crippen LogP contribution in [0.4, 0.5) is 0 Å². The van der Waals surface area contributed by atoms with E-state index in [0.717, 1.165) is 45.6 Å². The molecule has 0 aliphatic carbocycles. The molecule has 1 atom stereocenters. The molecule has 0 radical (unpaired) electrons. The van der Waals surface area contributed by atoms with Gasteiger partial charge < -0.3 is 14.4 Å². The van der Waals surface area contributed by atoms with Gasteiger partial charge in [0.05, 0.1) is 19.7 Å². The van der Waals surface area contributed by atoms with Gasteiger partial charge in [0.25, 0.3) is 0 Å². The molecule has 0 saturated carbocycles. The molecule has 2 saturated heterocycles. The predicted octanol–water partition coefficient (Wildman–Crippen LogP) is 1.44. The van der Waals surface area contributed by atoms with Gasteiger partial charge in [-0.05, 0) is 12.8 Å². The van der Waals surface area contributed by atoms with Gasteiger partial charge in [0, 0.05) is 26.1 Å². The normalized spacial score (nSPS) is 26.2. The molecule has 1 amide bonds. The number of ether oxygens (including phenoxy) is 2. The molecule has 0 aromatic heterocycles. The third-order valence-corrected chi connectivity index (χ3v) is 3.98. The Labute approximate surface area is 103 Å². The largest absolute Gasteiger partial charge is 0.384 e. The molecule has 0 aromatic carbocycles. The lowest BCUT2D eigenvalue weighted by Gasteiger charge is -2.50. The Kier molecular flexibility index (Phi) is 4.05. The summed E-state index contributed by atoms with van der Waals surface area (Å²) in [7, 11) is 1.73. The molecule has 0 bridgehead atoms. The van der Waals surface area contributed by atoms with Gasteiger partial charge in [-0.2, -0.15) is 0 Å². The van der Waals surface area contributed by atoms with E-state index in [1.807, 2.05) is 4.90 Å². The molecule has 2 rings (SSSR count). The summed E-state index contributed by atoms with van der Waals surface area (Å²) in [6.45, 7) is 5.20. The molecule has 98 valence electrons. The minimum Gasteiger partial charge on any atom is -0.384 e. The van der Waals surface area contributed by atoms with Gasteiger partial charge in [-0.15, -0.1) is 0 Å². The van der Waals surface area contributed by atoms with Gasteiger partial charge in [0.1, 0.15) is 5.60 Å². The average Bonchev–Trinajstić information content (AvgIpc) is 2.68. The van der Waals surface area contributed by atoms with Gasteiger partial charge in [-0.3, -0.25) is 4.79 Å². The standard InChI is InChI=1S/C13H23NO3/c1-3-4-5-12(15)14-9-13(10-14)11(8-16-2)6-7-17-13/h11H,3-10H2,1-2H3/t11-/m0/s1. The second kappa shape index (κ2) is 5.36. The maximum absolute atomic E-state index is 11.8. The number of hydrogen-bond acceptors (Lipinski definition) is 3. The molecule has 17 heavy (non-hydrogen) atoms. The van der Waals surface area contributed by atoms with Gasteiger partial charge >= 0.3 is 0 Å². The van der Waals surface area contributed by atoms with E-state index in [0.29, 0.717) is 12.3 Å². The SMILES string of the molecule is CCCCC(=O)N1CC2(C1)OCC[C@H]2COC. The van der Waals surface area contributed by atoms with E-state index >= 15 is 0 Å². The molecule has 1 spiro atoms. The highest BCUT2D eigenvalue weighted by molar-refractivity contribution is 5.77. The van der Waals surface area contributed by atoms with Crippen LogP contribution < -0.4 is 0 Å². The molecular formula is C13H23NO3. The smallest absolute Gasteiger partial charge is 0.222 e. The lowest BCUT2D eigenvalue weighted by atomic mass is 9.81. The van der Waals surface area contributed by atoms with E-state index in [4.69, 9.17) is 9.47 Å². The number of hydrogen-bond donors (Lipinski definition) is 0. The second-order valence-corrected chi connectivity index (χ2v) is 5.21. The highest BCUT2D eigenvalue weighted by atomic mass is 16.5. The van der Waals surface area contributed by atoms with Gasteiger partial charge in [-0.25, -0.2) is 0 Å².